The Bertz CT molecular complexity index is 878. The number of phenols is 1. The van der Waals surface area contributed by atoms with Gasteiger partial charge in [0.15, 0.2) is 11.9 Å². The summed E-state index contributed by atoms with van der Waals surface area (Å²) in [6, 6.07) is 3.78. The number of aromatic hydroxyl groups is 1. The van der Waals surface area contributed by atoms with Crippen LogP contribution in [-0.2, 0) is 22.6 Å². The molecule has 9 N–H and O–H groups in total. The first-order valence-corrected chi connectivity index (χ1v) is 8.95. The fourth-order valence-electron chi connectivity index (χ4n) is 2.02. The molecule has 13 nitrogen and oxygen atoms in total. The first-order valence-electron chi connectivity index (χ1n) is 8.95. The standard InChI is InChI=1S/C15H19N5O6.C2H5NO.C2H2/c16-10(5-8-1-3-9(22)4-2-8)13-19-12(26-20-13)6-17-15(25)18-11(7-21)14(23)24;1-2(3)4;1-2/h1-4,10-11,21-22H,5-7,16H2,(H,23,24)(H2,17,18,25);1H3,(H2,3,4);1-2H/t10-,11-;;/m0../s1. The number of aliphatic hydroxyl groups excluding tert-OH is 1. The molecule has 0 aliphatic heterocycles. The summed E-state index contributed by atoms with van der Waals surface area (Å²) in [7, 11) is 0. The minimum absolute atomic E-state index is 0.0900. The SMILES string of the molecule is C#C.CC(N)=O.N[C@@H](Cc1ccc(O)cc1)c1noc(CNC(=O)N[C@@H](CO)C(=O)O)n1. The minimum Gasteiger partial charge on any atom is -0.508 e. The summed E-state index contributed by atoms with van der Waals surface area (Å²) in [5.74, 6) is -1.20. The maximum Gasteiger partial charge on any atom is 0.328 e. The Morgan fingerprint density at radius 2 is 1.78 bits per heavy atom. The Morgan fingerprint density at radius 1 is 1.22 bits per heavy atom. The number of carboxylic acids is 1. The van der Waals surface area contributed by atoms with Crippen LogP contribution in [0.1, 0.15) is 30.2 Å². The maximum absolute atomic E-state index is 11.6. The molecule has 0 saturated carbocycles. The fourth-order valence-corrected chi connectivity index (χ4v) is 2.02. The monoisotopic (exact) mass is 450 g/mol. The van der Waals surface area contributed by atoms with Crippen LogP contribution in [0, 0.1) is 12.8 Å². The van der Waals surface area contributed by atoms with Crippen molar-refractivity contribution < 1.29 is 34.2 Å². The lowest BCUT2D eigenvalue weighted by molar-refractivity contribution is -0.140. The number of terminal acetylenes is 1. The number of carbonyl (C=O) groups is 3. The van der Waals surface area contributed by atoms with Crippen LogP contribution in [0.4, 0.5) is 4.79 Å². The highest BCUT2D eigenvalue weighted by atomic mass is 16.5. The third-order valence-electron chi connectivity index (χ3n) is 3.39. The Kier molecular flexibility index (Phi) is 12.9. The first kappa shape index (κ1) is 27.8. The number of hydrogen-bond acceptors (Lipinski definition) is 9. The van der Waals surface area contributed by atoms with Gasteiger partial charge in [-0.05, 0) is 24.1 Å². The number of nitrogens with zero attached hydrogens (tertiary/aromatic N) is 2. The zero-order valence-corrected chi connectivity index (χ0v) is 17.3. The van der Waals surface area contributed by atoms with E-state index < -0.39 is 30.7 Å². The van der Waals surface area contributed by atoms with Crippen molar-refractivity contribution in [1.29, 1.82) is 0 Å². The van der Waals surface area contributed by atoms with Gasteiger partial charge in [0, 0.05) is 6.92 Å². The van der Waals surface area contributed by atoms with Crippen molar-refractivity contribution in [3.8, 4) is 18.6 Å². The molecule has 2 aromatic rings. The summed E-state index contributed by atoms with van der Waals surface area (Å²) in [6.07, 6.45) is 8.42. The van der Waals surface area contributed by atoms with Gasteiger partial charge in [0.25, 0.3) is 0 Å². The van der Waals surface area contributed by atoms with Crippen LogP contribution >= 0.6 is 0 Å². The number of carboxylic acid groups (broad SMARTS) is 1. The summed E-state index contributed by atoms with van der Waals surface area (Å²) in [5.41, 5.74) is 11.4. The topological polar surface area (TPSA) is 227 Å². The van der Waals surface area contributed by atoms with Crippen molar-refractivity contribution >= 4 is 17.9 Å². The van der Waals surface area contributed by atoms with Gasteiger partial charge in [-0.1, -0.05) is 17.3 Å². The quantitative estimate of drug-likeness (QED) is 0.243. The largest absolute Gasteiger partial charge is 0.508 e. The summed E-state index contributed by atoms with van der Waals surface area (Å²) in [6.45, 7) is 0.433. The number of nitrogens with two attached hydrogens (primary N) is 2. The van der Waals surface area contributed by atoms with Gasteiger partial charge in [0.05, 0.1) is 19.2 Å². The van der Waals surface area contributed by atoms with E-state index in [0.717, 1.165) is 5.56 Å². The van der Waals surface area contributed by atoms with Crippen molar-refractivity contribution in [3.63, 3.8) is 0 Å². The van der Waals surface area contributed by atoms with E-state index in [1.165, 1.54) is 6.92 Å². The molecule has 32 heavy (non-hydrogen) atoms. The molecule has 174 valence electrons. The van der Waals surface area contributed by atoms with Crippen LogP contribution in [0.15, 0.2) is 28.8 Å². The number of phenolic OH excluding ortho intramolecular Hbond substituents is 1. The molecule has 0 aliphatic carbocycles. The summed E-state index contributed by atoms with van der Waals surface area (Å²) in [4.78, 5) is 35.6. The normalized spacial score (nSPS) is 11.4. The van der Waals surface area contributed by atoms with Crippen molar-refractivity contribution in [2.24, 2.45) is 11.5 Å². The van der Waals surface area contributed by atoms with Crippen molar-refractivity contribution in [3.05, 3.63) is 41.5 Å². The van der Waals surface area contributed by atoms with Crippen molar-refractivity contribution in [2.45, 2.75) is 32.0 Å². The van der Waals surface area contributed by atoms with E-state index in [1.54, 1.807) is 24.3 Å². The lowest BCUT2D eigenvalue weighted by Crippen LogP contribution is -2.47. The van der Waals surface area contributed by atoms with Gasteiger partial charge in [-0.15, -0.1) is 12.8 Å². The number of hydrogen-bond donors (Lipinski definition) is 7. The second kappa shape index (κ2) is 14.8. The van der Waals surface area contributed by atoms with Gasteiger partial charge in [-0.3, -0.25) is 4.79 Å². The van der Waals surface area contributed by atoms with E-state index in [0.29, 0.717) is 6.42 Å². The molecule has 3 amide bonds. The van der Waals surface area contributed by atoms with Gasteiger partial charge in [0.1, 0.15) is 5.75 Å². The second-order valence-corrected chi connectivity index (χ2v) is 6.03. The van der Waals surface area contributed by atoms with Crippen LogP contribution in [0.5, 0.6) is 5.75 Å². The number of primary amides is 1. The number of nitrogens with one attached hydrogen (secondary N) is 2. The molecule has 0 bridgehead atoms. The highest BCUT2D eigenvalue weighted by Gasteiger charge is 2.19. The Morgan fingerprint density at radius 3 is 2.28 bits per heavy atom. The molecular formula is C19H26N6O7. The van der Waals surface area contributed by atoms with Crippen LogP contribution in [-0.4, -0.2) is 56.0 Å². The van der Waals surface area contributed by atoms with E-state index in [1.807, 2.05) is 0 Å². The fraction of sp³-hybridized carbons (Fsp3) is 0.316. The number of carbonyl (C=O) groups excluding carboxylic acids is 2. The lowest BCUT2D eigenvalue weighted by atomic mass is 10.1. The van der Waals surface area contributed by atoms with E-state index in [-0.39, 0.29) is 29.9 Å². The van der Waals surface area contributed by atoms with Gasteiger partial charge < -0.3 is 41.9 Å². The zero-order valence-electron chi connectivity index (χ0n) is 17.3. The molecule has 0 saturated heterocycles. The van der Waals surface area contributed by atoms with Crippen LogP contribution in [0.2, 0.25) is 0 Å². The van der Waals surface area contributed by atoms with Crippen LogP contribution < -0.4 is 22.1 Å². The van der Waals surface area contributed by atoms with Gasteiger partial charge in [-0.2, -0.15) is 4.98 Å². The lowest BCUT2D eigenvalue weighted by Gasteiger charge is -2.11. The number of aliphatic hydroxyl groups is 1. The molecule has 0 unspecified atom stereocenters. The molecule has 0 spiro atoms. The average molecular weight is 450 g/mol. The van der Waals surface area contributed by atoms with E-state index >= 15 is 0 Å². The molecule has 2 atom stereocenters. The number of amides is 3. The molecular weight excluding hydrogens is 424 g/mol. The molecule has 1 heterocycles. The smallest absolute Gasteiger partial charge is 0.328 e. The van der Waals surface area contributed by atoms with Gasteiger partial charge in [-0.25, -0.2) is 9.59 Å². The van der Waals surface area contributed by atoms with Crippen LogP contribution in [0.25, 0.3) is 0 Å². The molecule has 0 aliphatic rings. The van der Waals surface area contributed by atoms with E-state index in [2.05, 4.69) is 39.4 Å². The number of aromatic nitrogens is 2. The van der Waals surface area contributed by atoms with Gasteiger partial charge in [0.2, 0.25) is 11.8 Å². The second-order valence-electron chi connectivity index (χ2n) is 6.03. The Labute approximate surface area is 183 Å². The Balaban J connectivity index is 0.00000144. The highest BCUT2D eigenvalue weighted by Crippen LogP contribution is 2.16. The van der Waals surface area contributed by atoms with Gasteiger partial charge >= 0.3 is 12.0 Å². The molecule has 1 aromatic carbocycles. The predicted octanol–water partition coefficient (Wildman–Crippen LogP) is -0.997. The molecule has 2 rings (SSSR count). The number of benzene rings is 1. The van der Waals surface area contributed by atoms with Crippen molar-refractivity contribution in [2.75, 3.05) is 6.61 Å². The number of aliphatic carboxylic acids is 1. The van der Waals surface area contributed by atoms with Crippen LogP contribution in [0.3, 0.4) is 0 Å². The molecule has 1 aromatic heterocycles. The average Bonchev–Trinajstić information content (AvgIpc) is 3.22. The third kappa shape index (κ3) is 11.1. The van der Waals surface area contributed by atoms with Crippen molar-refractivity contribution in [1.82, 2.24) is 20.8 Å². The molecule has 0 fully saturated rings. The molecule has 0 radical (unpaired) electrons. The number of rotatable bonds is 8. The van der Waals surface area contributed by atoms with E-state index in [4.69, 9.17) is 20.5 Å². The number of urea groups is 1. The summed E-state index contributed by atoms with van der Waals surface area (Å²) in [5, 5.41) is 35.0. The van der Waals surface area contributed by atoms with E-state index in [9.17, 15) is 19.5 Å². The Hall–Kier alpha value is -4.15. The minimum atomic E-state index is -1.41. The first-order chi connectivity index (χ1) is 15.1. The summed E-state index contributed by atoms with van der Waals surface area (Å²) < 4.78 is 4.98. The zero-order chi connectivity index (χ0) is 24.7. The molecule has 13 heteroatoms. The predicted molar refractivity (Wildman–Crippen MR) is 112 cm³/mol. The maximum atomic E-state index is 11.6. The third-order valence-corrected chi connectivity index (χ3v) is 3.39. The summed E-state index contributed by atoms with van der Waals surface area (Å²) >= 11 is 0. The highest BCUT2D eigenvalue weighted by molar-refractivity contribution is 5.82.